The zero-order valence-electron chi connectivity index (χ0n) is 16.1. The Morgan fingerprint density at radius 1 is 1.17 bits per heavy atom. The molecular weight excluding hydrogens is 394 g/mol. The monoisotopic (exact) mass is 417 g/mol. The van der Waals surface area contributed by atoms with E-state index in [4.69, 9.17) is 4.74 Å². The van der Waals surface area contributed by atoms with Crippen LogP contribution in [0.25, 0.3) is 0 Å². The minimum absolute atomic E-state index is 0.00236. The molecule has 0 radical (unpaired) electrons. The lowest BCUT2D eigenvalue weighted by atomic mass is 10.1. The predicted molar refractivity (Wildman–Crippen MR) is 106 cm³/mol. The van der Waals surface area contributed by atoms with E-state index in [2.05, 4.69) is 10.3 Å². The molecule has 1 fully saturated rings. The number of nitrogens with one attached hydrogen (secondary N) is 2. The van der Waals surface area contributed by atoms with Crippen molar-refractivity contribution in [1.82, 2.24) is 15.2 Å². The van der Waals surface area contributed by atoms with Gasteiger partial charge in [-0.05, 0) is 55.3 Å². The van der Waals surface area contributed by atoms with Gasteiger partial charge in [-0.1, -0.05) is 12.1 Å². The van der Waals surface area contributed by atoms with E-state index in [1.165, 1.54) is 12.1 Å². The molecule has 8 nitrogen and oxygen atoms in total. The fourth-order valence-corrected chi connectivity index (χ4v) is 3.87. The number of hydrogen-bond donors (Lipinski definition) is 2. The second-order valence-corrected chi connectivity index (χ2v) is 8.27. The van der Waals surface area contributed by atoms with Crippen molar-refractivity contribution in [1.29, 1.82) is 0 Å². The van der Waals surface area contributed by atoms with Crippen LogP contribution in [-0.2, 0) is 21.4 Å². The van der Waals surface area contributed by atoms with E-state index in [0.717, 1.165) is 12.0 Å². The van der Waals surface area contributed by atoms with Crippen molar-refractivity contribution in [2.24, 2.45) is 0 Å². The summed E-state index contributed by atoms with van der Waals surface area (Å²) >= 11 is 0. The molecule has 1 heterocycles. The molecule has 2 aromatic carbocycles. The van der Waals surface area contributed by atoms with E-state index in [9.17, 15) is 18.0 Å². The first kappa shape index (κ1) is 20.8. The zero-order chi connectivity index (χ0) is 20.9. The highest BCUT2D eigenvalue weighted by molar-refractivity contribution is 7.89. The summed E-state index contributed by atoms with van der Waals surface area (Å²) in [4.78, 5) is 28.0. The Kier molecular flexibility index (Phi) is 6.50. The number of ether oxygens (including phenoxy) is 1. The fourth-order valence-electron chi connectivity index (χ4n) is 3.03. The van der Waals surface area contributed by atoms with Crippen molar-refractivity contribution in [3.8, 4) is 5.75 Å². The standard InChI is InChI=1S/C20H23N3O5S/c1-2-28-17-8-10-18(11-9-17)29(26,27)22-21-20(25)16-6-3-5-15(13-16)14-23-12-4-7-19(23)24/h3,5-6,8-11,13,22H,2,4,7,12,14H2,1H3,(H,21,25). The van der Waals surface area contributed by atoms with Gasteiger partial charge in [0.2, 0.25) is 5.91 Å². The first-order valence-electron chi connectivity index (χ1n) is 9.31. The maximum absolute atomic E-state index is 12.4. The number of benzene rings is 2. The smallest absolute Gasteiger partial charge is 0.266 e. The Morgan fingerprint density at radius 3 is 2.59 bits per heavy atom. The van der Waals surface area contributed by atoms with Crippen LogP contribution in [0.15, 0.2) is 53.4 Å². The lowest BCUT2D eigenvalue weighted by molar-refractivity contribution is -0.128. The first-order chi connectivity index (χ1) is 13.9. The minimum atomic E-state index is -3.92. The predicted octanol–water partition coefficient (Wildman–Crippen LogP) is 1.83. The Labute approximate surface area is 169 Å². The molecule has 2 N–H and O–H groups in total. The third-order valence-corrected chi connectivity index (χ3v) is 5.74. The second kappa shape index (κ2) is 9.06. The van der Waals surface area contributed by atoms with E-state index in [-0.39, 0.29) is 10.8 Å². The lowest BCUT2D eigenvalue weighted by Crippen LogP contribution is -2.41. The van der Waals surface area contributed by atoms with Crippen LogP contribution < -0.4 is 15.0 Å². The zero-order valence-corrected chi connectivity index (χ0v) is 16.9. The van der Waals surface area contributed by atoms with Gasteiger partial charge in [0.1, 0.15) is 5.75 Å². The first-order valence-corrected chi connectivity index (χ1v) is 10.8. The molecule has 9 heteroatoms. The van der Waals surface area contributed by atoms with Crippen LogP contribution in [0.5, 0.6) is 5.75 Å². The molecule has 1 saturated heterocycles. The summed E-state index contributed by atoms with van der Waals surface area (Å²) in [6, 6.07) is 12.6. The van der Waals surface area contributed by atoms with Gasteiger partial charge in [0.15, 0.2) is 0 Å². The summed E-state index contributed by atoms with van der Waals surface area (Å²) in [7, 11) is -3.92. The summed E-state index contributed by atoms with van der Waals surface area (Å²) in [5.41, 5.74) is 3.32. The van der Waals surface area contributed by atoms with Crippen molar-refractivity contribution in [3.05, 3.63) is 59.7 Å². The normalized spacial score (nSPS) is 14.1. The van der Waals surface area contributed by atoms with Crippen molar-refractivity contribution in [2.45, 2.75) is 31.2 Å². The summed E-state index contributed by atoms with van der Waals surface area (Å²) < 4.78 is 30.0. The Hall–Kier alpha value is -2.91. The number of nitrogens with zero attached hydrogens (tertiary/aromatic N) is 1. The van der Waals surface area contributed by atoms with Gasteiger partial charge in [0, 0.05) is 25.1 Å². The Morgan fingerprint density at radius 2 is 1.93 bits per heavy atom. The molecule has 0 bridgehead atoms. The van der Waals surface area contributed by atoms with Crippen LogP contribution in [0.4, 0.5) is 0 Å². The number of sulfonamides is 1. The molecule has 154 valence electrons. The van der Waals surface area contributed by atoms with E-state index >= 15 is 0 Å². The number of rotatable bonds is 8. The molecule has 0 spiro atoms. The van der Waals surface area contributed by atoms with E-state index in [1.807, 2.05) is 13.0 Å². The average Bonchev–Trinajstić information content (AvgIpc) is 3.11. The molecule has 0 aliphatic carbocycles. The minimum Gasteiger partial charge on any atom is -0.494 e. The van der Waals surface area contributed by atoms with Crippen molar-refractivity contribution in [2.75, 3.05) is 13.2 Å². The average molecular weight is 417 g/mol. The highest BCUT2D eigenvalue weighted by atomic mass is 32.2. The molecule has 1 aliphatic heterocycles. The maximum Gasteiger partial charge on any atom is 0.266 e. The summed E-state index contributed by atoms with van der Waals surface area (Å²) in [6.45, 7) is 3.44. The topological polar surface area (TPSA) is 105 Å². The molecule has 0 atom stereocenters. The van der Waals surface area contributed by atoms with Gasteiger partial charge in [-0.3, -0.25) is 15.0 Å². The Bertz CT molecular complexity index is 989. The third-order valence-electron chi connectivity index (χ3n) is 4.48. The summed E-state index contributed by atoms with van der Waals surface area (Å²) in [5, 5.41) is 0. The number of hydrogen-bond acceptors (Lipinski definition) is 5. The highest BCUT2D eigenvalue weighted by Crippen LogP contribution is 2.16. The number of hydrazine groups is 1. The molecule has 1 aliphatic rings. The number of amides is 2. The van der Waals surface area contributed by atoms with Gasteiger partial charge in [-0.25, -0.2) is 8.42 Å². The van der Waals surface area contributed by atoms with E-state index < -0.39 is 15.9 Å². The SMILES string of the molecule is CCOc1ccc(S(=O)(=O)NNC(=O)c2cccc(CN3CCCC3=O)c2)cc1. The molecule has 29 heavy (non-hydrogen) atoms. The van der Waals surface area contributed by atoms with E-state index in [0.29, 0.717) is 37.4 Å². The van der Waals surface area contributed by atoms with Gasteiger partial charge in [0.25, 0.3) is 15.9 Å². The van der Waals surface area contributed by atoms with Crippen LogP contribution in [0, 0.1) is 0 Å². The van der Waals surface area contributed by atoms with Gasteiger partial charge < -0.3 is 9.64 Å². The summed E-state index contributed by atoms with van der Waals surface area (Å²) in [5.74, 6) is 0.0702. The van der Waals surface area contributed by atoms with Crippen molar-refractivity contribution < 1.29 is 22.7 Å². The molecule has 2 aromatic rings. The van der Waals surface area contributed by atoms with Gasteiger partial charge in [-0.15, -0.1) is 4.83 Å². The molecular formula is C20H23N3O5S. The number of carbonyl (C=O) groups excluding carboxylic acids is 2. The number of carbonyl (C=O) groups is 2. The second-order valence-electron chi connectivity index (χ2n) is 6.58. The molecule has 3 rings (SSSR count). The van der Waals surface area contributed by atoms with E-state index in [1.54, 1.807) is 35.2 Å². The van der Waals surface area contributed by atoms with Crippen LogP contribution in [0.1, 0.15) is 35.7 Å². The van der Waals surface area contributed by atoms with Crippen LogP contribution in [0.2, 0.25) is 0 Å². The third kappa shape index (κ3) is 5.33. The lowest BCUT2D eigenvalue weighted by Gasteiger charge is -2.16. The Balaban J connectivity index is 1.62. The summed E-state index contributed by atoms with van der Waals surface area (Å²) in [6.07, 6.45) is 1.39. The van der Waals surface area contributed by atoms with Gasteiger partial charge in [0.05, 0.1) is 11.5 Å². The fraction of sp³-hybridized carbons (Fsp3) is 0.300. The molecule has 2 amide bonds. The van der Waals surface area contributed by atoms with Gasteiger partial charge >= 0.3 is 0 Å². The highest BCUT2D eigenvalue weighted by Gasteiger charge is 2.20. The van der Waals surface area contributed by atoms with Crippen LogP contribution >= 0.6 is 0 Å². The van der Waals surface area contributed by atoms with Crippen molar-refractivity contribution in [3.63, 3.8) is 0 Å². The number of likely N-dealkylation sites (tertiary alicyclic amines) is 1. The molecule has 0 saturated carbocycles. The molecule has 0 aromatic heterocycles. The van der Waals surface area contributed by atoms with Gasteiger partial charge in [-0.2, -0.15) is 0 Å². The van der Waals surface area contributed by atoms with Crippen LogP contribution in [-0.4, -0.2) is 38.3 Å². The largest absolute Gasteiger partial charge is 0.494 e. The molecule has 0 unspecified atom stereocenters. The quantitative estimate of drug-likeness (QED) is 0.638. The van der Waals surface area contributed by atoms with Crippen molar-refractivity contribution >= 4 is 21.8 Å². The maximum atomic E-state index is 12.4. The van der Waals surface area contributed by atoms with Crippen LogP contribution in [0.3, 0.4) is 0 Å².